The van der Waals surface area contributed by atoms with Crippen LogP contribution in [-0.2, 0) is 23.1 Å². The van der Waals surface area contributed by atoms with Gasteiger partial charge in [-0.1, -0.05) is 12.1 Å². The lowest BCUT2D eigenvalue weighted by Gasteiger charge is -2.22. The van der Waals surface area contributed by atoms with Crippen LogP contribution in [0.15, 0.2) is 24.3 Å². The highest BCUT2D eigenvalue weighted by Gasteiger charge is 2.21. The van der Waals surface area contributed by atoms with E-state index in [1.54, 1.807) is 0 Å². The Kier molecular flexibility index (Phi) is 7.09. The summed E-state index contributed by atoms with van der Waals surface area (Å²) in [5.41, 5.74) is 2.00. The summed E-state index contributed by atoms with van der Waals surface area (Å²) >= 11 is 0. The standard InChI is InChI=1S/C14H18N4O2.2ClH/c1-18-11-5-3-2-4-10(11)17-13(18)9-16-14(19)12-8-15-6-7-20-12;;/h2-5,12,15H,6-9H2,1H3,(H,16,19);2*1H. The molecule has 1 atom stereocenters. The molecule has 0 saturated carbocycles. The normalized spacial score (nSPS) is 17.4. The Bertz CT molecular complexity index is 626. The largest absolute Gasteiger partial charge is 0.366 e. The van der Waals surface area contributed by atoms with Gasteiger partial charge in [0.15, 0.2) is 0 Å². The summed E-state index contributed by atoms with van der Waals surface area (Å²) in [4.78, 5) is 16.5. The molecule has 2 heterocycles. The predicted octanol–water partition coefficient (Wildman–Crippen LogP) is 1.02. The van der Waals surface area contributed by atoms with E-state index in [2.05, 4.69) is 15.6 Å². The van der Waals surface area contributed by atoms with Crippen LogP contribution in [0.2, 0.25) is 0 Å². The molecule has 122 valence electrons. The molecule has 0 bridgehead atoms. The summed E-state index contributed by atoms with van der Waals surface area (Å²) in [6.07, 6.45) is -0.404. The number of benzene rings is 1. The Hall–Kier alpha value is -1.34. The molecular formula is C14H20Cl2N4O2. The third kappa shape index (κ3) is 3.89. The second-order valence-electron chi connectivity index (χ2n) is 4.86. The molecule has 1 fully saturated rings. The van der Waals surface area contributed by atoms with E-state index in [0.717, 1.165) is 23.4 Å². The number of imidazole rings is 1. The summed E-state index contributed by atoms with van der Waals surface area (Å²) < 4.78 is 7.41. The first kappa shape index (κ1) is 18.7. The summed E-state index contributed by atoms with van der Waals surface area (Å²) in [7, 11) is 1.95. The predicted molar refractivity (Wildman–Crippen MR) is 89.7 cm³/mol. The fourth-order valence-electron chi connectivity index (χ4n) is 2.37. The molecule has 2 N–H and O–H groups in total. The van der Waals surface area contributed by atoms with Crippen LogP contribution in [0.5, 0.6) is 0 Å². The van der Waals surface area contributed by atoms with E-state index in [4.69, 9.17) is 4.74 Å². The molecule has 1 saturated heterocycles. The Morgan fingerprint density at radius 3 is 2.91 bits per heavy atom. The molecule has 0 spiro atoms. The second kappa shape index (κ2) is 8.33. The SMILES string of the molecule is Cl.Cl.Cn1c(CNC(=O)C2CNCCO2)nc2ccccc21. The summed E-state index contributed by atoms with van der Waals surface area (Å²) in [6.45, 7) is 2.34. The van der Waals surface area contributed by atoms with Crippen LogP contribution in [0.4, 0.5) is 0 Å². The van der Waals surface area contributed by atoms with Gasteiger partial charge in [0.2, 0.25) is 0 Å². The molecule has 2 aromatic rings. The van der Waals surface area contributed by atoms with E-state index < -0.39 is 6.10 Å². The van der Waals surface area contributed by atoms with E-state index in [-0.39, 0.29) is 30.7 Å². The van der Waals surface area contributed by atoms with Crippen molar-refractivity contribution in [1.29, 1.82) is 0 Å². The van der Waals surface area contributed by atoms with Gasteiger partial charge in [-0.2, -0.15) is 0 Å². The van der Waals surface area contributed by atoms with Gasteiger partial charge in [-0.05, 0) is 12.1 Å². The Balaban J connectivity index is 0.00000121. The molecular weight excluding hydrogens is 327 g/mol. The molecule has 0 aliphatic carbocycles. The van der Waals surface area contributed by atoms with Crippen molar-refractivity contribution in [2.45, 2.75) is 12.6 Å². The average Bonchev–Trinajstić information content (AvgIpc) is 2.83. The van der Waals surface area contributed by atoms with Crippen LogP contribution in [0, 0.1) is 0 Å². The quantitative estimate of drug-likeness (QED) is 0.870. The molecule has 1 aromatic carbocycles. The van der Waals surface area contributed by atoms with Gasteiger partial charge in [0.25, 0.3) is 5.91 Å². The second-order valence-corrected chi connectivity index (χ2v) is 4.86. The smallest absolute Gasteiger partial charge is 0.250 e. The number of nitrogens with one attached hydrogen (secondary N) is 2. The minimum absolute atomic E-state index is 0. The van der Waals surface area contributed by atoms with Gasteiger partial charge in [-0.15, -0.1) is 24.8 Å². The molecule has 1 aromatic heterocycles. The molecule has 1 aliphatic rings. The number of rotatable bonds is 3. The Morgan fingerprint density at radius 2 is 2.23 bits per heavy atom. The number of aromatic nitrogens is 2. The third-order valence-electron chi connectivity index (χ3n) is 3.52. The third-order valence-corrected chi connectivity index (χ3v) is 3.52. The van der Waals surface area contributed by atoms with Crippen LogP contribution >= 0.6 is 24.8 Å². The zero-order valence-corrected chi connectivity index (χ0v) is 13.9. The molecule has 1 aliphatic heterocycles. The minimum Gasteiger partial charge on any atom is -0.366 e. The van der Waals surface area contributed by atoms with Crippen molar-refractivity contribution in [3.8, 4) is 0 Å². The van der Waals surface area contributed by atoms with Crippen molar-refractivity contribution in [2.24, 2.45) is 7.05 Å². The summed E-state index contributed by atoms with van der Waals surface area (Å²) in [6, 6.07) is 7.92. The zero-order valence-electron chi connectivity index (χ0n) is 12.2. The first-order valence-corrected chi connectivity index (χ1v) is 6.76. The van der Waals surface area contributed by atoms with Gasteiger partial charge in [-0.3, -0.25) is 4.79 Å². The van der Waals surface area contributed by atoms with Crippen LogP contribution in [0.1, 0.15) is 5.82 Å². The topological polar surface area (TPSA) is 68.2 Å². The molecule has 3 rings (SSSR count). The number of hydrogen-bond donors (Lipinski definition) is 2. The number of halogens is 2. The number of nitrogens with zero attached hydrogens (tertiary/aromatic N) is 2. The highest BCUT2D eigenvalue weighted by atomic mass is 35.5. The maximum atomic E-state index is 12.0. The molecule has 22 heavy (non-hydrogen) atoms. The van der Waals surface area contributed by atoms with Crippen molar-refractivity contribution in [1.82, 2.24) is 20.2 Å². The average molecular weight is 347 g/mol. The number of carbonyl (C=O) groups is 1. The van der Waals surface area contributed by atoms with E-state index in [9.17, 15) is 4.79 Å². The number of aryl methyl sites for hydroxylation is 1. The number of ether oxygens (including phenoxy) is 1. The Morgan fingerprint density at radius 1 is 1.45 bits per heavy atom. The van der Waals surface area contributed by atoms with Crippen LogP contribution in [-0.4, -0.2) is 41.3 Å². The fraction of sp³-hybridized carbons (Fsp3) is 0.429. The van der Waals surface area contributed by atoms with Gasteiger partial charge in [0.1, 0.15) is 11.9 Å². The van der Waals surface area contributed by atoms with E-state index >= 15 is 0 Å². The number of hydrogen-bond acceptors (Lipinski definition) is 4. The first-order chi connectivity index (χ1) is 9.75. The first-order valence-electron chi connectivity index (χ1n) is 6.76. The van der Waals surface area contributed by atoms with Crippen LogP contribution in [0.25, 0.3) is 11.0 Å². The highest BCUT2D eigenvalue weighted by Crippen LogP contribution is 2.13. The zero-order chi connectivity index (χ0) is 13.9. The van der Waals surface area contributed by atoms with Gasteiger partial charge in [0, 0.05) is 20.1 Å². The maximum absolute atomic E-state index is 12.0. The van der Waals surface area contributed by atoms with E-state index in [0.29, 0.717) is 19.7 Å². The highest BCUT2D eigenvalue weighted by molar-refractivity contribution is 5.85. The van der Waals surface area contributed by atoms with Gasteiger partial charge >= 0.3 is 0 Å². The number of morpholine rings is 1. The number of para-hydroxylation sites is 2. The minimum atomic E-state index is -0.404. The number of amides is 1. The van der Waals surface area contributed by atoms with Gasteiger partial charge in [-0.25, -0.2) is 4.98 Å². The molecule has 6 nitrogen and oxygen atoms in total. The molecule has 1 amide bonds. The lowest BCUT2D eigenvalue weighted by atomic mass is 10.3. The lowest BCUT2D eigenvalue weighted by Crippen LogP contribution is -2.47. The summed E-state index contributed by atoms with van der Waals surface area (Å²) in [5.74, 6) is 0.743. The Labute approximate surface area is 141 Å². The molecule has 1 unspecified atom stereocenters. The van der Waals surface area contributed by atoms with Crippen molar-refractivity contribution in [3.05, 3.63) is 30.1 Å². The van der Waals surface area contributed by atoms with Crippen LogP contribution in [0.3, 0.4) is 0 Å². The summed E-state index contributed by atoms with van der Waals surface area (Å²) in [5, 5.41) is 6.02. The maximum Gasteiger partial charge on any atom is 0.250 e. The monoisotopic (exact) mass is 346 g/mol. The van der Waals surface area contributed by atoms with Crippen molar-refractivity contribution < 1.29 is 9.53 Å². The molecule has 8 heteroatoms. The van der Waals surface area contributed by atoms with Crippen molar-refractivity contribution >= 4 is 41.8 Å². The lowest BCUT2D eigenvalue weighted by molar-refractivity contribution is -0.134. The van der Waals surface area contributed by atoms with E-state index in [1.165, 1.54) is 0 Å². The van der Waals surface area contributed by atoms with E-state index in [1.807, 2.05) is 35.9 Å². The van der Waals surface area contributed by atoms with Gasteiger partial charge < -0.3 is 19.9 Å². The fourth-order valence-corrected chi connectivity index (χ4v) is 2.37. The molecule has 0 radical (unpaired) electrons. The van der Waals surface area contributed by atoms with Crippen molar-refractivity contribution in [2.75, 3.05) is 19.7 Å². The van der Waals surface area contributed by atoms with Crippen LogP contribution < -0.4 is 10.6 Å². The number of fused-ring (bicyclic) bond motifs is 1. The van der Waals surface area contributed by atoms with Crippen molar-refractivity contribution in [3.63, 3.8) is 0 Å². The van der Waals surface area contributed by atoms with Gasteiger partial charge in [0.05, 0.1) is 24.2 Å². The number of carbonyl (C=O) groups excluding carboxylic acids is 1.